The van der Waals surface area contributed by atoms with E-state index in [0.29, 0.717) is 13.2 Å². The van der Waals surface area contributed by atoms with Crippen LogP contribution in [0.5, 0.6) is 0 Å². The van der Waals surface area contributed by atoms with Crippen molar-refractivity contribution < 1.29 is 9.53 Å². The van der Waals surface area contributed by atoms with Crippen molar-refractivity contribution >= 4 is 41.7 Å². The molecule has 0 aliphatic carbocycles. The third-order valence-electron chi connectivity index (χ3n) is 6.08. The second-order valence-electron chi connectivity index (χ2n) is 8.38. The number of aliphatic imine (C=N–C) groups is 1. The summed E-state index contributed by atoms with van der Waals surface area (Å²) in [7, 11) is 0. The summed E-state index contributed by atoms with van der Waals surface area (Å²) in [6.07, 6.45) is 6.06. The van der Waals surface area contributed by atoms with E-state index in [-0.39, 0.29) is 35.9 Å². The Hall–Kier alpha value is -1.58. The topological polar surface area (TPSA) is 70.1 Å². The molecular weight excluding hydrogens is 505 g/mol. The number of hydrogen-bond donors (Lipinski definition) is 1. The van der Waals surface area contributed by atoms with E-state index in [1.54, 1.807) is 0 Å². The van der Waals surface area contributed by atoms with Crippen molar-refractivity contribution in [2.24, 2.45) is 16.8 Å². The van der Waals surface area contributed by atoms with E-state index in [2.05, 4.69) is 46.1 Å². The van der Waals surface area contributed by atoms with Crippen molar-refractivity contribution in [3.05, 3.63) is 23.9 Å². The Kier molecular flexibility index (Phi) is 10.8. The molecule has 1 aromatic heterocycles. The Morgan fingerprint density at radius 3 is 2.45 bits per heavy atom. The molecule has 8 heteroatoms. The molecule has 0 bridgehead atoms. The zero-order valence-electron chi connectivity index (χ0n) is 19.2. The highest BCUT2D eigenvalue weighted by Gasteiger charge is 2.27. The van der Waals surface area contributed by atoms with E-state index in [9.17, 15) is 4.79 Å². The van der Waals surface area contributed by atoms with Crippen LogP contribution in [0.2, 0.25) is 0 Å². The van der Waals surface area contributed by atoms with Gasteiger partial charge in [0.05, 0.1) is 19.1 Å². The summed E-state index contributed by atoms with van der Waals surface area (Å²) in [5.41, 5.74) is 1.11. The smallest absolute Gasteiger partial charge is 0.309 e. The lowest BCUT2D eigenvalue weighted by Crippen LogP contribution is -2.46. The molecular formula is C23H38IN5O2. The maximum Gasteiger partial charge on any atom is 0.309 e. The molecule has 0 amide bonds. The first-order valence-electron chi connectivity index (χ1n) is 11.5. The fourth-order valence-corrected chi connectivity index (χ4v) is 4.11. The molecule has 2 fully saturated rings. The standard InChI is InChI=1S/C23H37N5O2.HI/c1-4-24-23(28-14-10-20(11-15-28)22(29)30-5-2)26-17-19-6-7-21(25-16-19)27-12-8-18(3)9-13-27;/h6-7,16,18,20H,4-5,8-15,17H2,1-3H3,(H,24,26);1H. The molecule has 7 nitrogen and oxygen atoms in total. The molecule has 2 aliphatic rings. The summed E-state index contributed by atoms with van der Waals surface area (Å²) in [4.78, 5) is 26.1. The molecule has 1 aromatic rings. The van der Waals surface area contributed by atoms with Gasteiger partial charge in [-0.1, -0.05) is 13.0 Å². The third-order valence-corrected chi connectivity index (χ3v) is 6.08. The average Bonchev–Trinajstić information content (AvgIpc) is 2.78. The molecule has 0 aromatic carbocycles. The van der Waals surface area contributed by atoms with E-state index in [0.717, 1.165) is 68.8 Å². The number of aromatic nitrogens is 1. The van der Waals surface area contributed by atoms with Gasteiger partial charge < -0.3 is 19.9 Å². The van der Waals surface area contributed by atoms with Gasteiger partial charge in [-0.05, 0) is 57.1 Å². The van der Waals surface area contributed by atoms with Gasteiger partial charge in [0.1, 0.15) is 5.82 Å². The quantitative estimate of drug-likeness (QED) is 0.256. The summed E-state index contributed by atoms with van der Waals surface area (Å²) in [5.74, 6) is 2.75. The van der Waals surface area contributed by atoms with Crippen molar-refractivity contribution in [3.8, 4) is 0 Å². The number of likely N-dealkylation sites (tertiary alicyclic amines) is 1. The number of carbonyl (C=O) groups excluding carboxylic acids is 1. The van der Waals surface area contributed by atoms with Crippen LogP contribution in [0.25, 0.3) is 0 Å². The molecule has 31 heavy (non-hydrogen) atoms. The zero-order chi connectivity index (χ0) is 21.3. The van der Waals surface area contributed by atoms with E-state index in [1.807, 2.05) is 13.1 Å². The summed E-state index contributed by atoms with van der Waals surface area (Å²) in [6, 6.07) is 4.26. The van der Waals surface area contributed by atoms with E-state index in [1.165, 1.54) is 12.8 Å². The number of carbonyl (C=O) groups is 1. The predicted octanol–water partition coefficient (Wildman–Crippen LogP) is 3.68. The Morgan fingerprint density at radius 2 is 1.87 bits per heavy atom. The summed E-state index contributed by atoms with van der Waals surface area (Å²) >= 11 is 0. The fourth-order valence-electron chi connectivity index (χ4n) is 4.11. The van der Waals surface area contributed by atoms with E-state index < -0.39 is 0 Å². The van der Waals surface area contributed by atoms with Gasteiger partial charge in [0, 0.05) is 38.9 Å². The number of anilines is 1. The molecule has 3 rings (SSSR count). The number of halogens is 1. The molecule has 1 N–H and O–H groups in total. The normalized spacial score (nSPS) is 18.5. The molecule has 174 valence electrons. The van der Waals surface area contributed by atoms with Crippen molar-refractivity contribution in [3.63, 3.8) is 0 Å². The van der Waals surface area contributed by atoms with Crippen molar-refractivity contribution in [1.82, 2.24) is 15.2 Å². The fraction of sp³-hybridized carbons (Fsp3) is 0.696. The molecule has 0 saturated carbocycles. The van der Waals surface area contributed by atoms with Gasteiger partial charge >= 0.3 is 5.97 Å². The Bertz CT molecular complexity index is 696. The van der Waals surface area contributed by atoms with Crippen LogP contribution in [0.1, 0.15) is 52.0 Å². The molecule has 0 unspecified atom stereocenters. The minimum absolute atomic E-state index is 0. The summed E-state index contributed by atoms with van der Waals surface area (Å²) in [5, 5.41) is 3.39. The number of hydrogen-bond acceptors (Lipinski definition) is 5. The number of piperidine rings is 2. The minimum atomic E-state index is -0.0617. The number of nitrogens with zero attached hydrogens (tertiary/aromatic N) is 4. The van der Waals surface area contributed by atoms with Gasteiger partial charge in [0.15, 0.2) is 5.96 Å². The number of guanidine groups is 1. The van der Waals surface area contributed by atoms with Gasteiger partial charge in [-0.25, -0.2) is 9.98 Å². The van der Waals surface area contributed by atoms with Crippen LogP contribution in [-0.2, 0) is 16.1 Å². The van der Waals surface area contributed by atoms with Crippen molar-refractivity contribution in [2.75, 3.05) is 44.2 Å². The van der Waals surface area contributed by atoms with Crippen LogP contribution in [0.3, 0.4) is 0 Å². The monoisotopic (exact) mass is 543 g/mol. The van der Waals surface area contributed by atoms with Gasteiger partial charge in [0.25, 0.3) is 0 Å². The van der Waals surface area contributed by atoms with Gasteiger partial charge in [-0.15, -0.1) is 24.0 Å². The lowest BCUT2D eigenvalue weighted by atomic mass is 9.97. The van der Waals surface area contributed by atoms with Crippen LogP contribution < -0.4 is 10.2 Å². The first kappa shape index (κ1) is 25.7. The largest absolute Gasteiger partial charge is 0.466 e. The maximum absolute atomic E-state index is 12.0. The Labute approximate surface area is 204 Å². The first-order chi connectivity index (χ1) is 14.6. The van der Waals surface area contributed by atoms with Crippen LogP contribution in [0, 0.1) is 11.8 Å². The second-order valence-corrected chi connectivity index (χ2v) is 8.38. The van der Waals surface area contributed by atoms with E-state index in [4.69, 9.17) is 9.73 Å². The van der Waals surface area contributed by atoms with Crippen LogP contribution in [-0.4, -0.2) is 61.1 Å². The lowest BCUT2D eigenvalue weighted by molar-refractivity contribution is -0.149. The molecule has 0 spiro atoms. The van der Waals surface area contributed by atoms with Crippen molar-refractivity contribution in [1.29, 1.82) is 0 Å². The lowest BCUT2D eigenvalue weighted by Gasteiger charge is -2.33. The predicted molar refractivity (Wildman–Crippen MR) is 136 cm³/mol. The van der Waals surface area contributed by atoms with Gasteiger partial charge in [-0.3, -0.25) is 4.79 Å². The number of nitrogens with one attached hydrogen (secondary N) is 1. The van der Waals surface area contributed by atoms with Crippen LogP contribution in [0.4, 0.5) is 5.82 Å². The van der Waals surface area contributed by atoms with E-state index >= 15 is 0 Å². The molecule has 2 aliphatic heterocycles. The van der Waals surface area contributed by atoms with Gasteiger partial charge in [-0.2, -0.15) is 0 Å². The highest BCUT2D eigenvalue weighted by Crippen LogP contribution is 2.22. The van der Waals surface area contributed by atoms with Crippen molar-refractivity contribution in [2.45, 2.75) is 53.0 Å². The number of esters is 1. The number of pyridine rings is 1. The summed E-state index contributed by atoms with van der Waals surface area (Å²) in [6.45, 7) is 12.0. The highest BCUT2D eigenvalue weighted by molar-refractivity contribution is 14.0. The zero-order valence-corrected chi connectivity index (χ0v) is 21.5. The number of rotatable bonds is 6. The third kappa shape index (κ3) is 7.50. The van der Waals surface area contributed by atoms with Crippen LogP contribution >= 0.6 is 24.0 Å². The van der Waals surface area contributed by atoms with Gasteiger partial charge in [0.2, 0.25) is 0 Å². The first-order valence-corrected chi connectivity index (χ1v) is 11.5. The maximum atomic E-state index is 12.0. The SMILES string of the molecule is CCNC(=NCc1ccc(N2CCC(C)CC2)nc1)N1CCC(C(=O)OCC)CC1.I. The van der Waals surface area contributed by atoms with Crippen LogP contribution in [0.15, 0.2) is 23.3 Å². The second kappa shape index (κ2) is 13.1. The Balaban J connectivity index is 0.00000341. The highest BCUT2D eigenvalue weighted by atomic mass is 127. The molecule has 2 saturated heterocycles. The Morgan fingerprint density at radius 1 is 1.16 bits per heavy atom. The minimum Gasteiger partial charge on any atom is -0.466 e. The molecule has 3 heterocycles. The molecule has 0 radical (unpaired) electrons. The molecule has 0 atom stereocenters. The average molecular weight is 543 g/mol. The summed E-state index contributed by atoms with van der Waals surface area (Å²) < 4.78 is 5.17. The number of ether oxygens (including phenoxy) is 1.